The summed E-state index contributed by atoms with van der Waals surface area (Å²) >= 11 is 5.91. The van der Waals surface area contributed by atoms with Crippen LogP contribution in [0.5, 0.6) is 0 Å². The maximum atomic E-state index is 12.7. The fraction of sp³-hybridized carbons (Fsp3) is 0.176. The average Bonchev–Trinajstić information content (AvgIpc) is 3.29. The zero-order valence-electron chi connectivity index (χ0n) is 11.7. The molecule has 1 spiro atoms. The van der Waals surface area contributed by atoms with Crippen LogP contribution in [0.3, 0.4) is 0 Å². The van der Waals surface area contributed by atoms with E-state index in [1.165, 1.54) is 7.05 Å². The Hall–Kier alpha value is -2.17. The van der Waals surface area contributed by atoms with Gasteiger partial charge in [-0.05, 0) is 23.8 Å². The number of carbonyl (C=O) groups excluding carboxylic acids is 2. The second kappa shape index (κ2) is 4.41. The molecule has 1 saturated heterocycles. The number of benzene rings is 2. The van der Waals surface area contributed by atoms with Crippen LogP contribution in [-0.2, 0) is 15.1 Å². The van der Waals surface area contributed by atoms with E-state index >= 15 is 0 Å². The number of amides is 2. The van der Waals surface area contributed by atoms with Crippen molar-refractivity contribution in [1.82, 2.24) is 4.90 Å². The number of hydrogen-bond acceptors (Lipinski definition) is 3. The van der Waals surface area contributed by atoms with Crippen LogP contribution in [0.25, 0.3) is 0 Å². The summed E-state index contributed by atoms with van der Waals surface area (Å²) in [6.07, 6.45) is -0.394. The second-order valence-electron chi connectivity index (χ2n) is 5.50. The molecule has 2 aliphatic rings. The van der Waals surface area contributed by atoms with Crippen molar-refractivity contribution in [3.8, 4) is 0 Å². The van der Waals surface area contributed by atoms with Crippen LogP contribution in [-0.4, -0.2) is 23.8 Å². The van der Waals surface area contributed by atoms with E-state index in [-0.39, 0.29) is 11.8 Å². The molecular formula is C17H12ClNO3. The lowest BCUT2D eigenvalue weighted by molar-refractivity contribution is -0.134. The molecule has 1 fully saturated rings. The van der Waals surface area contributed by atoms with Gasteiger partial charge in [0, 0.05) is 23.2 Å². The van der Waals surface area contributed by atoms with E-state index in [9.17, 15) is 9.59 Å². The molecule has 0 radical (unpaired) electrons. The van der Waals surface area contributed by atoms with Crippen LogP contribution in [0.1, 0.15) is 27.6 Å². The van der Waals surface area contributed by atoms with Crippen molar-refractivity contribution < 1.29 is 14.3 Å². The molecule has 22 heavy (non-hydrogen) atoms. The largest absolute Gasteiger partial charge is 0.345 e. The third kappa shape index (κ3) is 1.62. The molecule has 0 unspecified atom stereocenters. The molecule has 110 valence electrons. The Morgan fingerprint density at radius 3 is 2.50 bits per heavy atom. The van der Waals surface area contributed by atoms with Crippen molar-refractivity contribution in [3.63, 3.8) is 0 Å². The molecule has 0 aliphatic carbocycles. The average molecular weight is 314 g/mol. The maximum absolute atomic E-state index is 12.7. The predicted octanol–water partition coefficient (Wildman–Crippen LogP) is 2.92. The first-order valence-electron chi connectivity index (χ1n) is 6.91. The molecule has 0 bridgehead atoms. The van der Waals surface area contributed by atoms with Gasteiger partial charge in [0.25, 0.3) is 11.8 Å². The Bertz CT molecular complexity index is 802. The van der Waals surface area contributed by atoms with Crippen LogP contribution in [0.2, 0.25) is 5.02 Å². The summed E-state index contributed by atoms with van der Waals surface area (Å²) in [6, 6.07) is 14.3. The van der Waals surface area contributed by atoms with Crippen molar-refractivity contribution >= 4 is 23.4 Å². The summed E-state index contributed by atoms with van der Waals surface area (Å²) in [5.74, 6) is -0.618. The van der Waals surface area contributed by atoms with Gasteiger partial charge in [-0.3, -0.25) is 14.5 Å². The van der Waals surface area contributed by atoms with Gasteiger partial charge in [0.2, 0.25) is 5.60 Å². The normalized spacial score (nSPS) is 26.3. The Morgan fingerprint density at radius 1 is 1.09 bits per heavy atom. The number of likely N-dealkylation sites (N-methyl/N-ethyl adjacent to an activating group) is 1. The van der Waals surface area contributed by atoms with Gasteiger partial charge in [0.15, 0.2) is 0 Å². The standard InChI is InChI=1S/C17H12ClNO3/c1-19-15(20)12-4-2-3-5-13(12)17(16(19)21)14(22-17)10-6-8-11(18)9-7-10/h2-9,14H,1H3/t14-,17+/m1/s1. The number of imide groups is 1. The summed E-state index contributed by atoms with van der Waals surface area (Å²) in [7, 11) is 1.49. The number of epoxide rings is 1. The molecule has 2 aromatic carbocycles. The minimum atomic E-state index is -1.09. The fourth-order valence-corrected chi connectivity index (χ4v) is 3.22. The van der Waals surface area contributed by atoms with E-state index in [1.54, 1.807) is 30.3 Å². The van der Waals surface area contributed by atoms with E-state index in [0.717, 1.165) is 10.5 Å². The minimum absolute atomic E-state index is 0.295. The Labute approximate surface area is 132 Å². The van der Waals surface area contributed by atoms with Crippen LogP contribution in [0, 0.1) is 0 Å². The summed E-state index contributed by atoms with van der Waals surface area (Å²) in [5, 5.41) is 0.626. The van der Waals surface area contributed by atoms with E-state index in [4.69, 9.17) is 16.3 Å². The minimum Gasteiger partial charge on any atom is -0.345 e. The number of halogens is 1. The topological polar surface area (TPSA) is 49.9 Å². The summed E-state index contributed by atoms with van der Waals surface area (Å²) in [5.41, 5.74) is 0.937. The highest BCUT2D eigenvalue weighted by molar-refractivity contribution is 6.30. The highest BCUT2D eigenvalue weighted by Gasteiger charge is 2.68. The molecule has 2 amide bonds. The smallest absolute Gasteiger partial charge is 0.269 e. The quantitative estimate of drug-likeness (QED) is 0.601. The molecule has 5 heteroatoms. The van der Waals surface area contributed by atoms with Crippen molar-refractivity contribution in [2.45, 2.75) is 11.7 Å². The predicted molar refractivity (Wildman–Crippen MR) is 80.5 cm³/mol. The number of carbonyl (C=O) groups is 2. The summed E-state index contributed by atoms with van der Waals surface area (Å²) < 4.78 is 5.84. The number of ether oxygens (including phenoxy) is 1. The molecule has 0 saturated carbocycles. The number of fused-ring (bicyclic) bond motifs is 2. The van der Waals surface area contributed by atoms with Crippen molar-refractivity contribution in [2.75, 3.05) is 7.05 Å². The Balaban J connectivity index is 1.85. The fourth-order valence-electron chi connectivity index (χ4n) is 3.09. The van der Waals surface area contributed by atoms with E-state index in [0.29, 0.717) is 16.1 Å². The third-order valence-corrected chi connectivity index (χ3v) is 4.53. The second-order valence-corrected chi connectivity index (χ2v) is 5.94. The molecule has 2 aliphatic heterocycles. The first-order chi connectivity index (χ1) is 10.6. The molecule has 4 rings (SSSR count). The molecule has 2 atom stereocenters. The highest BCUT2D eigenvalue weighted by Crippen LogP contribution is 2.60. The van der Waals surface area contributed by atoms with Crippen LogP contribution in [0.4, 0.5) is 0 Å². The van der Waals surface area contributed by atoms with Gasteiger partial charge in [-0.2, -0.15) is 0 Å². The maximum Gasteiger partial charge on any atom is 0.269 e. The summed E-state index contributed by atoms with van der Waals surface area (Å²) in [6.45, 7) is 0. The number of rotatable bonds is 1. The van der Waals surface area contributed by atoms with E-state index in [1.807, 2.05) is 18.2 Å². The van der Waals surface area contributed by atoms with Crippen molar-refractivity contribution in [1.29, 1.82) is 0 Å². The monoisotopic (exact) mass is 313 g/mol. The molecule has 2 aromatic rings. The molecule has 0 aromatic heterocycles. The first kappa shape index (κ1) is 13.5. The SMILES string of the molecule is CN1C(=O)c2ccccc2[C@@]2(O[C@@H]2c2ccc(Cl)cc2)C1=O. The molecule has 2 heterocycles. The van der Waals surface area contributed by atoms with Gasteiger partial charge in [-0.15, -0.1) is 0 Å². The van der Waals surface area contributed by atoms with Crippen LogP contribution < -0.4 is 0 Å². The zero-order valence-corrected chi connectivity index (χ0v) is 12.5. The van der Waals surface area contributed by atoms with Crippen LogP contribution >= 0.6 is 11.6 Å². The van der Waals surface area contributed by atoms with E-state index in [2.05, 4.69) is 0 Å². The van der Waals surface area contributed by atoms with Gasteiger partial charge in [0.1, 0.15) is 6.10 Å². The van der Waals surface area contributed by atoms with Gasteiger partial charge in [0.05, 0.1) is 0 Å². The van der Waals surface area contributed by atoms with Gasteiger partial charge < -0.3 is 4.74 Å². The van der Waals surface area contributed by atoms with Gasteiger partial charge >= 0.3 is 0 Å². The number of nitrogens with zero attached hydrogens (tertiary/aromatic N) is 1. The molecular weight excluding hydrogens is 302 g/mol. The molecule has 0 N–H and O–H groups in total. The van der Waals surface area contributed by atoms with E-state index < -0.39 is 11.7 Å². The lowest BCUT2D eigenvalue weighted by Gasteiger charge is -2.28. The first-order valence-corrected chi connectivity index (χ1v) is 7.29. The Morgan fingerprint density at radius 2 is 1.77 bits per heavy atom. The lowest BCUT2D eigenvalue weighted by atomic mass is 9.84. The van der Waals surface area contributed by atoms with Crippen LogP contribution in [0.15, 0.2) is 48.5 Å². The van der Waals surface area contributed by atoms with Gasteiger partial charge in [-0.25, -0.2) is 0 Å². The van der Waals surface area contributed by atoms with Gasteiger partial charge in [-0.1, -0.05) is 41.9 Å². The lowest BCUT2D eigenvalue weighted by Crippen LogP contribution is -2.47. The van der Waals surface area contributed by atoms with Crippen molar-refractivity contribution in [2.24, 2.45) is 0 Å². The third-order valence-electron chi connectivity index (χ3n) is 4.27. The Kier molecular flexibility index (Phi) is 2.71. The summed E-state index contributed by atoms with van der Waals surface area (Å²) in [4.78, 5) is 26.1. The van der Waals surface area contributed by atoms with Crippen molar-refractivity contribution in [3.05, 3.63) is 70.2 Å². The zero-order chi connectivity index (χ0) is 15.5. The highest BCUT2D eigenvalue weighted by atomic mass is 35.5. The molecule has 4 nitrogen and oxygen atoms in total. The number of hydrogen-bond donors (Lipinski definition) is 0.